The summed E-state index contributed by atoms with van der Waals surface area (Å²) in [6.07, 6.45) is -0.00605. The van der Waals surface area contributed by atoms with E-state index in [9.17, 15) is 26.8 Å². The van der Waals surface area contributed by atoms with Crippen LogP contribution in [0, 0.1) is 17.6 Å². The van der Waals surface area contributed by atoms with Gasteiger partial charge in [0.2, 0.25) is 21.8 Å². The standard InChI is InChI=1S/C14H19F2N3O4S/c1-9(2)7-14(21)19-18-13(20)5-6-17-24(22,23)10-3-4-11(15)12(16)8-10/h3-4,8-9,17H,5-7H2,1-2H3,(H,18,20)(H,19,21). The number of nitrogens with one attached hydrogen (secondary N) is 3. The Bertz CT molecular complexity index is 708. The van der Waals surface area contributed by atoms with Gasteiger partial charge in [-0.1, -0.05) is 13.8 Å². The Morgan fingerprint density at radius 2 is 1.71 bits per heavy atom. The molecule has 24 heavy (non-hydrogen) atoms. The van der Waals surface area contributed by atoms with Crippen molar-refractivity contribution >= 4 is 21.8 Å². The van der Waals surface area contributed by atoms with Crippen molar-refractivity contribution in [3.63, 3.8) is 0 Å². The summed E-state index contributed by atoms with van der Waals surface area (Å²) >= 11 is 0. The summed E-state index contributed by atoms with van der Waals surface area (Å²) in [6.45, 7) is 3.41. The number of carbonyl (C=O) groups is 2. The van der Waals surface area contributed by atoms with Crippen molar-refractivity contribution in [2.45, 2.75) is 31.6 Å². The van der Waals surface area contributed by atoms with E-state index < -0.39 is 32.5 Å². The van der Waals surface area contributed by atoms with Gasteiger partial charge < -0.3 is 0 Å². The highest BCUT2D eigenvalue weighted by Gasteiger charge is 2.16. The third kappa shape index (κ3) is 6.59. The molecule has 0 aromatic heterocycles. The highest BCUT2D eigenvalue weighted by Crippen LogP contribution is 2.13. The maximum atomic E-state index is 13.1. The number of sulfonamides is 1. The zero-order chi connectivity index (χ0) is 18.3. The monoisotopic (exact) mass is 363 g/mol. The molecule has 1 aromatic rings. The molecule has 1 aromatic carbocycles. The summed E-state index contributed by atoms with van der Waals surface area (Å²) in [5, 5.41) is 0. The van der Waals surface area contributed by atoms with Crippen molar-refractivity contribution in [2.24, 2.45) is 5.92 Å². The minimum absolute atomic E-state index is 0.129. The zero-order valence-electron chi connectivity index (χ0n) is 13.2. The van der Waals surface area contributed by atoms with Crippen LogP contribution in [-0.2, 0) is 19.6 Å². The first kappa shape index (κ1) is 20.0. The van der Waals surface area contributed by atoms with E-state index in [2.05, 4.69) is 15.6 Å². The topological polar surface area (TPSA) is 104 Å². The Labute approximate surface area is 138 Å². The third-order valence-electron chi connectivity index (χ3n) is 2.78. The van der Waals surface area contributed by atoms with Gasteiger partial charge in [-0.2, -0.15) is 0 Å². The summed E-state index contributed by atoms with van der Waals surface area (Å²) in [7, 11) is -4.07. The predicted octanol–water partition coefficient (Wildman–Crippen LogP) is 0.827. The van der Waals surface area contributed by atoms with E-state index in [-0.39, 0.29) is 31.2 Å². The molecule has 0 atom stereocenters. The molecule has 2 amide bonds. The van der Waals surface area contributed by atoms with Crippen LogP contribution in [0.3, 0.4) is 0 Å². The second-order valence-corrected chi connectivity index (χ2v) is 7.18. The minimum atomic E-state index is -4.07. The van der Waals surface area contributed by atoms with Crippen LogP contribution in [0.25, 0.3) is 0 Å². The van der Waals surface area contributed by atoms with Gasteiger partial charge in [0, 0.05) is 19.4 Å². The molecule has 0 heterocycles. The largest absolute Gasteiger partial charge is 0.273 e. The highest BCUT2D eigenvalue weighted by molar-refractivity contribution is 7.89. The van der Waals surface area contributed by atoms with Crippen molar-refractivity contribution in [1.29, 1.82) is 0 Å². The van der Waals surface area contributed by atoms with Crippen molar-refractivity contribution in [3.05, 3.63) is 29.8 Å². The van der Waals surface area contributed by atoms with Crippen LogP contribution in [0.5, 0.6) is 0 Å². The van der Waals surface area contributed by atoms with Crippen molar-refractivity contribution in [1.82, 2.24) is 15.6 Å². The fourth-order valence-corrected chi connectivity index (χ4v) is 2.69. The number of halogens is 2. The quantitative estimate of drug-likeness (QED) is 0.624. The van der Waals surface area contributed by atoms with Gasteiger partial charge in [-0.3, -0.25) is 20.4 Å². The van der Waals surface area contributed by atoms with Crippen LogP contribution in [0.4, 0.5) is 8.78 Å². The molecule has 3 N–H and O–H groups in total. The number of rotatable bonds is 7. The number of amides is 2. The van der Waals surface area contributed by atoms with Gasteiger partial charge in [-0.15, -0.1) is 0 Å². The van der Waals surface area contributed by atoms with E-state index in [1.165, 1.54) is 0 Å². The lowest BCUT2D eigenvalue weighted by Crippen LogP contribution is -2.43. The molecule has 0 fully saturated rings. The second kappa shape index (κ2) is 8.69. The first-order valence-electron chi connectivity index (χ1n) is 7.14. The van der Waals surface area contributed by atoms with E-state index in [1.807, 2.05) is 13.8 Å². The molecular formula is C14H19F2N3O4S. The van der Waals surface area contributed by atoms with Crippen LogP contribution >= 0.6 is 0 Å². The Morgan fingerprint density at radius 1 is 1.08 bits per heavy atom. The van der Waals surface area contributed by atoms with Crippen LogP contribution < -0.4 is 15.6 Å². The normalized spacial score (nSPS) is 11.4. The molecule has 0 saturated carbocycles. The maximum absolute atomic E-state index is 13.1. The number of hydrazine groups is 1. The lowest BCUT2D eigenvalue weighted by molar-refractivity contribution is -0.129. The Hall–Kier alpha value is -2.07. The van der Waals surface area contributed by atoms with E-state index >= 15 is 0 Å². The Balaban J connectivity index is 2.44. The molecule has 0 saturated heterocycles. The molecule has 0 radical (unpaired) electrons. The summed E-state index contributed by atoms with van der Waals surface area (Å²) in [5.41, 5.74) is 4.35. The van der Waals surface area contributed by atoms with E-state index in [0.717, 1.165) is 6.07 Å². The number of carbonyl (C=O) groups excluding carboxylic acids is 2. The molecule has 0 aliphatic carbocycles. The van der Waals surface area contributed by atoms with Crippen molar-refractivity contribution < 1.29 is 26.8 Å². The Kier molecular flexibility index (Phi) is 7.23. The van der Waals surface area contributed by atoms with Crippen molar-refractivity contribution in [3.8, 4) is 0 Å². The first-order valence-corrected chi connectivity index (χ1v) is 8.62. The lowest BCUT2D eigenvalue weighted by atomic mass is 10.1. The van der Waals surface area contributed by atoms with E-state index in [4.69, 9.17) is 0 Å². The van der Waals surface area contributed by atoms with Gasteiger partial charge >= 0.3 is 0 Å². The first-order chi connectivity index (χ1) is 11.1. The maximum Gasteiger partial charge on any atom is 0.240 e. The SMILES string of the molecule is CC(C)CC(=O)NNC(=O)CCNS(=O)(=O)c1ccc(F)c(F)c1. The van der Waals surface area contributed by atoms with E-state index in [1.54, 1.807) is 0 Å². The van der Waals surface area contributed by atoms with Gasteiger partial charge in [0.25, 0.3) is 0 Å². The average Bonchev–Trinajstić information content (AvgIpc) is 2.47. The van der Waals surface area contributed by atoms with Crippen LogP contribution in [-0.4, -0.2) is 26.8 Å². The second-order valence-electron chi connectivity index (χ2n) is 5.42. The summed E-state index contributed by atoms with van der Waals surface area (Å²) in [5.74, 6) is -3.28. The molecule has 0 aliphatic heterocycles. The van der Waals surface area contributed by atoms with Gasteiger partial charge in [-0.05, 0) is 24.1 Å². The van der Waals surface area contributed by atoms with Gasteiger partial charge in [0.1, 0.15) is 0 Å². The average molecular weight is 363 g/mol. The number of benzene rings is 1. The van der Waals surface area contributed by atoms with Gasteiger partial charge in [0.15, 0.2) is 11.6 Å². The van der Waals surface area contributed by atoms with Crippen LogP contribution in [0.1, 0.15) is 26.7 Å². The fourth-order valence-electron chi connectivity index (χ4n) is 1.65. The molecule has 10 heteroatoms. The lowest BCUT2D eigenvalue weighted by Gasteiger charge is -2.09. The van der Waals surface area contributed by atoms with Crippen LogP contribution in [0.2, 0.25) is 0 Å². The van der Waals surface area contributed by atoms with E-state index in [0.29, 0.717) is 12.1 Å². The molecule has 0 bridgehead atoms. The third-order valence-corrected chi connectivity index (χ3v) is 4.24. The summed E-state index contributed by atoms with van der Waals surface area (Å²) in [6, 6.07) is 2.15. The number of hydrogen-bond acceptors (Lipinski definition) is 4. The molecular weight excluding hydrogens is 344 g/mol. The zero-order valence-corrected chi connectivity index (χ0v) is 14.0. The predicted molar refractivity (Wildman–Crippen MR) is 81.9 cm³/mol. The molecule has 0 aliphatic rings. The molecule has 0 unspecified atom stereocenters. The van der Waals surface area contributed by atoms with Crippen molar-refractivity contribution in [2.75, 3.05) is 6.54 Å². The summed E-state index contributed by atoms with van der Waals surface area (Å²) < 4.78 is 51.7. The van der Waals surface area contributed by atoms with Crippen LogP contribution in [0.15, 0.2) is 23.1 Å². The molecule has 0 spiro atoms. The minimum Gasteiger partial charge on any atom is -0.273 e. The molecule has 134 valence electrons. The Morgan fingerprint density at radius 3 is 2.29 bits per heavy atom. The molecule has 1 rings (SSSR count). The van der Waals surface area contributed by atoms with Gasteiger partial charge in [0.05, 0.1) is 4.90 Å². The number of hydrogen-bond donors (Lipinski definition) is 3. The summed E-state index contributed by atoms with van der Waals surface area (Å²) in [4.78, 5) is 22.4. The highest BCUT2D eigenvalue weighted by atomic mass is 32.2. The van der Waals surface area contributed by atoms with Gasteiger partial charge in [-0.25, -0.2) is 21.9 Å². The smallest absolute Gasteiger partial charge is 0.240 e. The molecule has 7 nitrogen and oxygen atoms in total. The fraction of sp³-hybridized carbons (Fsp3) is 0.429.